The lowest BCUT2D eigenvalue weighted by atomic mass is 9.88. The molecule has 31 heavy (non-hydrogen) atoms. The number of hydrogen-bond acceptors (Lipinski definition) is 3. The Balaban J connectivity index is 1.76. The van der Waals surface area contributed by atoms with E-state index in [1.807, 2.05) is 31.2 Å². The number of carbonyl (C=O) groups excluding carboxylic acids is 2. The predicted octanol–water partition coefficient (Wildman–Crippen LogP) is 5.62. The number of hydrogen-bond donors (Lipinski definition) is 0. The van der Waals surface area contributed by atoms with Gasteiger partial charge in [0.05, 0.1) is 5.69 Å². The van der Waals surface area contributed by atoms with E-state index in [1.54, 1.807) is 23.1 Å². The van der Waals surface area contributed by atoms with Crippen LogP contribution in [0.1, 0.15) is 25.3 Å². The Bertz CT molecular complexity index is 988. The van der Waals surface area contributed by atoms with Gasteiger partial charge in [0.15, 0.2) is 0 Å². The largest absolute Gasteiger partial charge is 0.332 e. The summed E-state index contributed by atoms with van der Waals surface area (Å²) in [5, 5.41) is 0.769. The molecule has 3 amide bonds. The minimum absolute atomic E-state index is 0.00671. The smallest absolute Gasteiger partial charge is 0.306 e. The second-order valence-corrected chi connectivity index (χ2v) is 10.3. The molecular formula is C23H24BrCl2N3O2. The summed E-state index contributed by atoms with van der Waals surface area (Å²) in [5.41, 5.74) is 0.404. The molecule has 2 fully saturated rings. The topological polar surface area (TPSA) is 43.9 Å². The van der Waals surface area contributed by atoms with Crippen LogP contribution >= 0.6 is 39.1 Å². The van der Waals surface area contributed by atoms with Gasteiger partial charge in [0.1, 0.15) is 5.54 Å². The molecule has 0 radical (unpaired) electrons. The van der Waals surface area contributed by atoms with Crippen LogP contribution in [0.15, 0.2) is 46.9 Å². The predicted molar refractivity (Wildman–Crippen MR) is 128 cm³/mol. The lowest BCUT2D eigenvalue weighted by Gasteiger charge is -2.41. The summed E-state index contributed by atoms with van der Waals surface area (Å²) in [6.45, 7) is 3.65. The Labute approximate surface area is 201 Å². The fourth-order valence-electron chi connectivity index (χ4n) is 4.62. The maximum absolute atomic E-state index is 13.8. The van der Waals surface area contributed by atoms with E-state index in [0.717, 1.165) is 36.0 Å². The molecule has 5 nitrogen and oxygen atoms in total. The number of nitrogens with zero attached hydrogens (tertiary/aromatic N) is 3. The number of piperidine rings is 1. The van der Waals surface area contributed by atoms with E-state index in [0.29, 0.717) is 22.2 Å². The van der Waals surface area contributed by atoms with Crippen molar-refractivity contribution < 1.29 is 9.59 Å². The number of carbonyl (C=O) groups is 2. The van der Waals surface area contributed by atoms with E-state index in [2.05, 4.69) is 27.9 Å². The first kappa shape index (κ1) is 22.6. The number of urea groups is 1. The zero-order valence-electron chi connectivity index (χ0n) is 17.4. The third kappa shape index (κ3) is 4.36. The molecule has 0 saturated carbocycles. The fourth-order valence-corrected chi connectivity index (χ4v) is 5.40. The summed E-state index contributed by atoms with van der Waals surface area (Å²) < 4.78 is 0.970. The van der Waals surface area contributed by atoms with E-state index in [4.69, 9.17) is 23.2 Å². The van der Waals surface area contributed by atoms with Gasteiger partial charge < -0.3 is 9.80 Å². The molecule has 2 aromatic carbocycles. The van der Waals surface area contributed by atoms with Crippen molar-refractivity contribution in [1.82, 2.24) is 9.80 Å². The zero-order chi connectivity index (χ0) is 22.3. The Kier molecular flexibility index (Phi) is 6.37. The molecule has 2 saturated heterocycles. The van der Waals surface area contributed by atoms with Crippen LogP contribution in [0.3, 0.4) is 0 Å². The highest BCUT2D eigenvalue weighted by atomic mass is 79.9. The fraction of sp³-hybridized carbons (Fsp3) is 0.391. The average molecular weight is 525 g/mol. The van der Waals surface area contributed by atoms with Crippen molar-refractivity contribution in [2.24, 2.45) is 0 Å². The van der Waals surface area contributed by atoms with Gasteiger partial charge in [-0.1, -0.05) is 51.3 Å². The third-order valence-electron chi connectivity index (χ3n) is 6.21. The Morgan fingerprint density at radius 3 is 2.19 bits per heavy atom. The van der Waals surface area contributed by atoms with E-state index >= 15 is 0 Å². The molecule has 1 atom stereocenters. The van der Waals surface area contributed by atoms with E-state index in [9.17, 15) is 9.59 Å². The quantitative estimate of drug-likeness (QED) is 0.487. The first-order chi connectivity index (χ1) is 14.7. The van der Waals surface area contributed by atoms with Crippen LogP contribution in [0.4, 0.5) is 10.5 Å². The highest BCUT2D eigenvalue weighted by Crippen LogP contribution is 2.39. The van der Waals surface area contributed by atoms with Gasteiger partial charge in [-0.05, 0) is 75.8 Å². The molecule has 2 heterocycles. The Morgan fingerprint density at radius 2 is 1.61 bits per heavy atom. The summed E-state index contributed by atoms with van der Waals surface area (Å²) in [6, 6.07) is 12.4. The van der Waals surface area contributed by atoms with Crippen molar-refractivity contribution in [1.29, 1.82) is 0 Å². The molecule has 0 aromatic heterocycles. The van der Waals surface area contributed by atoms with Crippen LogP contribution in [-0.2, 0) is 11.2 Å². The lowest BCUT2D eigenvalue weighted by Crippen LogP contribution is -2.55. The molecule has 0 aliphatic carbocycles. The summed E-state index contributed by atoms with van der Waals surface area (Å²) in [5.74, 6) is -0.252. The summed E-state index contributed by atoms with van der Waals surface area (Å²) in [4.78, 5) is 32.8. The normalized spacial score (nSPS) is 23.1. The Hall–Kier alpha value is -1.60. The standard InChI is InChI=1S/C23H24BrCl2N3O2/c1-23(14-15-3-5-16(24)6-4-15)21(30)28(20-12-17(25)11-18(26)13-20)22(31)29(23)19-7-9-27(2)10-8-19/h3-6,11-13,19H,7-10,14H2,1-2H3. The summed E-state index contributed by atoms with van der Waals surface area (Å²) >= 11 is 15.8. The first-order valence-corrected chi connectivity index (χ1v) is 11.8. The molecular weight excluding hydrogens is 501 g/mol. The minimum Gasteiger partial charge on any atom is -0.306 e. The summed E-state index contributed by atoms with van der Waals surface area (Å²) in [7, 11) is 2.08. The van der Waals surface area contributed by atoms with Gasteiger partial charge in [-0.2, -0.15) is 0 Å². The molecule has 8 heteroatoms. The highest BCUT2D eigenvalue weighted by molar-refractivity contribution is 9.10. The summed E-state index contributed by atoms with van der Waals surface area (Å²) in [6.07, 6.45) is 2.09. The van der Waals surface area contributed by atoms with Crippen LogP contribution in [0.5, 0.6) is 0 Å². The molecule has 0 bridgehead atoms. The van der Waals surface area contributed by atoms with Crippen LogP contribution in [0.25, 0.3) is 0 Å². The van der Waals surface area contributed by atoms with Crippen molar-refractivity contribution in [3.05, 3.63) is 62.5 Å². The molecule has 0 spiro atoms. The van der Waals surface area contributed by atoms with Crippen LogP contribution in [0, 0.1) is 0 Å². The Morgan fingerprint density at radius 1 is 1.03 bits per heavy atom. The van der Waals surface area contributed by atoms with Gasteiger partial charge in [-0.3, -0.25) is 4.79 Å². The van der Waals surface area contributed by atoms with Crippen LogP contribution < -0.4 is 4.90 Å². The second-order valence-electron chi connectivity index (χ2n) is 8.53. The molecule has 2 aliphatic heterocycles. The lowest BCUT2D eigenvalue weighted by molar-refractivity contribution is -0.125. The van der Waals surface area contributed by atoms with Gasteiger partial charge >= 0.3 is 6.03 Å². The number of amides is 3. The number of likely N-dealkylation sites (tertiary alicyclic amines) is 1. The minimum atomic E-state index is -1.000. The van der Waals surface area contributed by atoms with E-state index in [-0.39, 0.29) is 18.0 Å². The van der Waals surface area contributed by atoms with Gasteiger partial charge in [-0.25, -0.2) is 9.69 Å². The number of rotatable bonds is 4. The molecule has 164 valence electrons. The molecule has 0 N–H and O–H groups in total. The zero-order valence-corrected chi connectivity index (χ0v) is 20.5. The van der Waals surface area contributed by atoms with Gasteiger partial charge in [0, 0.05) is 27.0 Å². The molecule has 2 aliphatic rings. The number of anilines is 1. The van der Waals surface area contributed by atoms with Gasteiger partial charge in [-0.15, -0.1) is 0 Å². The SMILES string of the molecule is CN1CCC(N2C(=O)N(c3cc(Cl)cc(Cl)c3)C(=O)C2(C)Cc2ccc(Br)cc2)CC1. The van der Waals surface area contributed by atoms with Gasteiger partial charge in [0.25, 0.3) is 5.91 Å². The van der Waals surface area contributed by atoms with Crippen molar-refractivity contribution in [3.8, 4) is 0 Å². The van der Waals surface area contributed by atoms with Crippen molar-refractivity contribution in [2.75, 3.05) is 25.0 Å². The van der Waals surface area contributed by atoms with E-state index < -0.39 is 5.54 Å². The molecule has 2 aromatic rings. The maximum Gasteiger partial charge on any atom is 0.332 e. The maximum atomic E-state index is 13.8. The van der Waals surface area contributed by atoms with Crippen molar-refractivity contribution >= 4 is 56.8 Å². The van der Waals surface area contributed by atoms with E-state index in [1.165, 1.54) is 4.90 Å². The monoisotopic (exact) mass is 523 g/mol. The third-order valence-corrected chi connectivity index (χ3v) is 7.18. The van der Waals surface area contributed by atoms with Gasteiger partial charge in [0.2, 0.25) is 0 Å². The molecule has 4 rings (SSSR count). The number of imide groups is 1. The van der Waals surface area contributed by atoms with Crippen molar-refractivity contribution in [2.45, 2.75) is 37.8 Å². The average Bonchev–Trinajstić information content (AvgIpc) is 2.89. The second kappa shape index (κ2) is 8.74. The first-order valence-electron chi connectivity index (χ1n) is 10.3. The van der Waals surface area contributed by atoms with Crippen LogP contribution in [0.2, 0.25) is 10.0 Å². The van der Waals surface area contributed by atoms with Crippen molar-refractivity contribution in [3.63, 3.8) is 0 Å². The molecule has 1 unspecified atom stereocenters. The highest BCUT2D eigenvalue weighted by Gasteiger charge is 2.57. The number of halogens is 3. The van der Waals surface area contributed by atoms with Crippen LogP contribution in [-0.4, -0.2) is 53.5 Å². The number of benzene rings is 2.